The van der Waals surface area contributed by atoms with Crippen LogP contribution in [-0.4, -0.2) is 34.1 Å². The average Bonchev–Trinajstić information content (AvgIpc) is 3.90. The van der Waals surface area contributed by atoms with Crippen molar-refractivity contribution >= 4 is 27.5 Å². The van der Waals surface area contributed by atoms with Gasteiger partial charge in [-0.05, 0) is 77.4 Å². The van der Waals surface area contributed by atoms with Crippen molar-refractivity contribution in [2.45, 2.75) is 0 Å². The lowest BCUT2D eigenvalue weighted by Gasteiger charge is -2.12. The molecule has 4 aromatic heterocycles. The van der Waals surface area contributed by atoms with E-state index in [2.05, 4.69) is 114 Å². The van der Waals surface area contributed by atoms with E-state index in [1.807, 2.05) is 95.6 Å². The van der Waals surface area contributed by atoms with E-state index in [0.29, 0.717) is 23.3 Å². The second-order valence-corrected chi connectivity index (χ2v) is 14.2. The van der Waals surface area contributed by atoms with Crippen molar-refractivity contribution in [3.8, 4) is 73.5 Å². The number of aromatic nitrogens is 7. The van der Waals surface area contributed by atoms with Crippen LogP contribution in [0.2, 0.25) is 0 Å². The van der Waals surface area contributed by atoms with E-state index in [-0.39, 0.29) is 0 Å². The maximum absolute atomic E-state index is 5.18. The van der Waals surface area contributed by atoms with E-state index in [1.165, 1.54) is 10.8 Å². The molecular weight excluding hydrogens is 711 g/mol. The molecule has 0 aliphatic carbocycles. The molecule has 7 heteroatoms. The molecule has 0 fully saturated rings. The van der Waals surface area contributed by atoms with Gasteiger partial charge in [-0.15, -0.1) is 5.10 Å². The topological polar surface area (TPSA) is 73.8 Å². The SMILES string of the molecule is c1ccc(-c2nc(-c3ccccc3)nc(-c3cc(-c4ccc5c(c4)c4ccccc4n5-c4ccccc4)cc(-c4nc5c(-c6ccccc6)cccn5n4)c3)n2)cc1. The predicted molar refractivity (Wildman–Crippen MR) is 233 cm³/mol. The molecule has 0 saturated carbocycles. The van der Waals surface area contributed by atoms with Gasteiger partial charge < -0.3 is 4.57 Å². The molecule has 0 aliphatic heterocycles. The number of para-hydroxylation sites is 2. The van der Waals surface area contributed by atoms with Gasteiger partial charge in [0.1, 0.15) is 0 Å². The number of benzene rings is 7. The Bertz CT molecular complexity index is 3210. The number of rotatable bonds is 7. The second kappa shape index (κ2) is 13.9. The van der Waals surface area contributed by atoms with Gasteiger partial charge in [-0.25, -0.2) is 24.5 Å². The summed E-state index contributed by atoms with van der Waals surface area (Å²) in [6.45, 7) is 0. The average molecular weight is 744 g/mol. The first-order valence-electron chi connectivity index (χ1n) is 19.3. The Morgan fingerprint density at radius 3 is 1.53 bits per heavy atom. The van der Waals surface area contributed by atoms with Gasteiger partial charge in [0.2, 0.25) is 0 Å². The molecule has 4 heterocycles. The maximum Gasteiger partial charge on any atom is 0.182 e. The van der Waals surface area contributed by atoms with E-state index < -0.39 is 0 Å². The summed E-state index contributed by atoms with van der Waals surface area (Å²) in [5.74, 6) is 2.37. The number of pyridine rings is 1. The molecular formula is C51H33N7. The Kier molecular flexibility index (Phi) is 8.00. The zero-order valence-electron chi connectivity index (χ0n) is 31.2. The van der Waals surface area contributed by atoms with Crippen LogP contribution in [0.25, 0.3) is 101 Å². The van der Waals surface area contributed by atoms with Crippen molar-refractivity contribution < 1.29 is 0 Å². The largest absolute Gasteiger partial charge is 0.309 e. The van der Waals surface area contributed by atoms with Crippen molar-refractivity contribution in [3.05, 3.63) is 200 Å². The van der Waals surface area contributed by atoms with E-state index in [4.69, 9.17) is 25.0 Å². The molecule has 58 heavy (non-hydrogen) atoms. The Hall–Kier alpha value is -8.03. The molecule has 11 rings (SSSR count). The van der Waals surface area contributed by atoms with Crippen molar-refractivity contribution in [1.29, 1.82) is 0 Å². The zero-order valence-corrected chi connectivity index (χ0v) is 31.2. The van der Waals surface area contributed by atoms with Crippen LogP contribution < -0.4 is 0 Å². The van der Waals surface area contributed by atoms with Gasteiger partial charge >= 0.3 is 0 Å². The molecule has 272 valence electrons. The van der Waals surface area contributed by atoms with Crippen molar-refractivity contribution in [3.63, 3.8) is 0 Å². The summed E-state index contributed by atoms with van der Waals surface area (Å²) in [7, 11) is 0. The van der Waals surface area contributed by atoms with E-state index in [0.717, 1.165) is 66.9 Å². The van der Waals surface area contributed by atoms with Gasteiger partial charge in [-0.1, -0.05) is 133 Å². The molecule has 0 unspecified atom stereocenters. The summed E-state index contributed by atoms with van der Waals surface area (Å²) in [4.78, 5) is 20.4. The predicted octanol–water partition coefficient (Wildman–Crippen LogP) is 12.0. The molecule has 0 atom stereocenters. The van der Waals surface area contributed by atoms with E-state index >= 15 is 0 Å². The van der Waals surface area contributed by atoms with Crippen LogP contribution in [0.5, 0.6) is 0 Å². The van der Waals surface area contributed by atoms with Crippen LogP contribution in [0.1, 0.15) is 0 Å². The van der Waals surface area contributed by atoms with Gasteiger partial charge in [0.15, 0.2) is 28.9 Å². The molecule has 0 radical (unpaired) electrons. The third-order valence-corrected chi connectivity index (χ3v) is 10.6. The van der Waals surface area contributed by atoms with E-state index in [9.17, 15) is 0 Å². The molecule has 0 saturated heterocycles. The van der Waals surface area contributed by atoms with Crippen molar-refractivity contribution in [2.24, 2.45) is 0 Å². The number of fused-ring (bicyclic) bond motifs is 4. The van der Waals surface area contributed by atoms with E-state index in [1.54, 1.807) is 0 Å². The van der Waals surface area contributed by atoms with Crippen LogP contribution in [0.15, 0.2) is 200 Å². The zero-order chi connectivity index (χ0) is 38.4. The van der Waals surface area contributed by atoms with Gasteiger partial charge in [0, 0.05) is 50.5 Å². The molecule has 11 aromatic rings. The molecule has 0 N–H and O–H groups in total. The maximum atomic E-state index is 5.18. The van der Waals surface area contributed by atoms with Crippen LogP contribution in [0.4, 0.5) is 0 Å². The molecule has 0 aliphatic rings. The second-order valence-electron chi connectivity index (χ2n) is 14.2. The van der Waals surface area contributed by atoms with Gasteiger partial charge in [0.05, 0.1) is 11.0 Å². The summed E-state index contributed by atoms with van der Waals surface area (Å²) in [6.07, 6.45) is 1.95. The minimum absolute atomic E-state index is 0.561. The first-order valence-corrected chi connectivity index (χ1v) is 19.3. The first-order chi connectivity index (χ1) is 28.7. The smallest absolute Gasteiger partial charge is 0.182 e. The third kappa shape index (κ3) is 5.90. The summed E-state index contributed by atoms with van der Waals surface area (Å²) < 4.78 is 4.20. The van der Waals surface area contributed by atoms with Crippen LogP contribution in [0, 0.1) is 0 Å². The normalized spacial score (nSPS) is 11.4. The molecule has 7 aromatic carbocycles. The third-order valence-electron chi connectivity index (χ3n) is 10.6. The minimum atomic E-state index is 0.561. The molecule has 0 amide bonds. The fourth-order valence-corrected chi connectivity index (χ4v) is 7.87. The highest BCUT2D eigenvalue weighted by Crippen LogP contribution is 2.38. The van der Waals surface area contributed by atoms with Crippen LogP contribution in [-0.2, 0) is 0 Å². The van der Waals surface area contributed by atoms with Gasteiger partial charge in [-0.3, -0.25) is 0 Å². The lowest BCUT2D eigenvalue weighted by atomic mass is 9.97. The highest BCUT2D eigenvalue weighted by atomic mass is 15.3. The summed E-state index contributed by atoms with van der Waals surface area (Å²) in [5, 5.41) is 7.40. The minimum Gasteiger partial charge on any atom is -0.309 e. The highest BCUT2D eigenvalue weighted by molar-refractivity contribution is 6.10. The number of hydrogen-bond donors (Lipinski definition) is 0. The first kappa shape index (κ1) is 33.3. The number of nitrogens with zero attached hydrogens (tertiary/aromatic N) is 7. The van der Waals surface area contributed by atoms with Crippen LogP contribution in [0.3, 0.4) is 0 Å². The Labute approximate surface area is 334 Å². The Morgan fingerprint density at radius 1 is 0.328 bits per heavy atom. The Balaban J connectivity index is 1.14. The lowest BCUT2D eigenvalue weighted by molar-refractivity contribution is 0.966. The summed E-state index contributed by atoms with van der Waals surface area (Å²) in [5.41, 5.74) is 11.9. The standard InChI is InChI=1S/C51H33N7/c1-5-16-34(17-6-1)42-25-15-29-57-51(42)55-50(56-57)40-31-38(37-27-28-46-44(33-37)43-24-13-14-26-45(43)58(46)41-22-11-4-12-23-41)30-39(32-40)49-53-47(35-18-7-2-8-19-35)52-48(54-49)36-20-9-3-10-21-36/h1-33H. The fourth-order valence-electron chi connectivity index (χ4n) is 7.87. The fraction of sp³-hybridized carbons (Fsp3) is 0. The molecule has 7 nitrogen and oxygen atoms in total. The van der Waals surface area contributed by atoms with Gasteiger partial charge in [0.25, 0.3) is 0 Å². The van der Waals surface area contributed by atoms with Crippen molar-refractivity contribution in [1.82, 2.24) is 34.1 Å². The monoisotopic (exact) mass is 743 g/mol. The van der Waals surface area contributed by atoms with Crippen molar-refractivity contribution in [2.75, 3.05) is 0 Å². The summed E-state index contributed by atoms with van der Waals surface area (Å²) >= 11 is 0. The number of hydrogen-bond acceptors (Lipinski definition) is 5. The van der Waals surface area contributed by atoms with Crippen LogP contribution >= 0.6 is 0 Å². The molecule has 0 bridgehead atoms. The summed E-state index contributed by atoms with van der Waals surface area (Å²) in [6, 6.07) is 66.8. The molecule has 0 spiro atoms. The quantitative estimate of drug-likeness (QED) is 0.162. The highest BCUT2D eigenvalue weighted by Gasteiger charge is 2.19. The lowest BCUT2D eigenvalue weighted by Crippen LogP contribution is -2.00. The Morgan fingerprint density at radius 2 is 0.862 bits per heavy atom. The van der Waals surface area contributed by atoms with Gasteiger partial charge in [-0.2, -0.15) is 0 Å².